The smallest absolute Gasteiger partial charge is 0.245 e. The Morgan fingerprint density at radius 3 is 3.00 bits per heavy atom. The maximum Gasteiger partial charge on any atom is 0.245 e. The van der Waals surface area contributed by atoms with Crippen LogP contribution in [0.2, 0.25) is 0 Å². The summed E-state index contributed by atoms with van der Waals surface area (Å²) in [6.07, 6.45) is 3.16. The molecule has 8 nitrogen and oxygen atoms in total. The second-order valence-electron chi connectivity index (χ2n) is 6.42. The van der Waals surface area contributed by atoms with Gasteiger partial charge in [-0.3, -0.25) is 9.59 Å². The molecule has 2 aliphatic rings. The lowest BCUT2D eigenvalue weighted by atomic mass is 10.1. The van der Waals surface area contributed by atoms with E-state index in [4.69, 9.17) is 0 Å². The minimum atomic E-state index is -0.352. The standard InChI is InChI=1S/C16H20N6O2/c1-3-10-7-14(22-13(18-10)4-5-17-22)19-11-6-12-16(24)20(2)9-15(23)21(12)8-11/h4-5,7,11-12,19H,3,6,8-9H2,1-2H3/t11-,12+/m1/s1. The highest BCUT2D eigenvalue weighted by atomic mass is 16.2. The number of nitrogens with zero attached hydrogens (tertiary/aromatic N) is 5. The van der Waals surface area contributed by atoms with E-state index in [1.807, 2.05) is 12.1 Å². The SMILES string of the molecule is CCc1cc(N[C@@H]2C[C@H]3C(=O)N(C)CC(=O)N3C2)n2nccc2n1. The molecular weight excluding hydrogens is 308 g/mol. The highest BCUT2D eigenvalue weighted by Crippen LogP contribution is 2.26. The van der Waals surface area contributed by atoms with Gasteiger partial charge >= 0.3 is 0 Å². The quantitative estimate of drug-likeness (QED) is 0.867. The van der Waals surface area contributed by atoms with Crippen molar-refractivity contribution in [1.82, 2.24) is 24.4 Å². The first-order valence-electron chi connectivity index (χ1n) is 8.21. The number of likely N-dealkylation sites (N-methyl/N-ethyl adjacent to an activating group) is 1. The van der Waals surface area contributed by atoms with E-state index in [9.17, 15) is 9.59 Å². The van der Waals surface area contributed by atoms with Gasteiger partial charge in [-0.05, 0) is 12.8 Å². The molecule has 0 aromatic carbocycles. The van der Waals surface area contributed by atoms with Crippen LogP contribution in [0.3, 0.4) is 0 Å². The van der Waals surface area contributed by atoms with E-state index in [1.165, 1.54) is 4.90 Å². The number of nitrogens with one attached hydrogen (secondary N) is 1. The van der Waals surface area contributed by atoms with E-state index >= 15 is 0 Å². The Morgan fingerprint density at radius 2 is 2.21 bits per heavy atom. The van der Waals surface area contributed by atoms with Crippen LogP contribution in [-0.4, -0.2) is 68.4 Å². The molecule has 4 heterocycles. The number of carbonyl (C=O) groups is 2. The molecule has 2 aromatic heterocycles. The van der Waals surface area contributed by atoms with Gasteiger partial charge in [-0.2, -0.15) is 9.61 Å². The van der Waals surface area contributed by atoms with Gasteiger partial charge in [-0.1, -0.05) is 6.92 Å². The Balaban J connectivity index is 1.60. The van der Waals surface area contributed by atoms with Gasteiger partial charge in [-0.25, -0.2) is 4.98 Å². The normalized spacial score (nSPS) is 23.9. The van der Waals surface area contributed by atoms with Crippen LogP contribution in [0.5, 0.6) is 0 Å². The summed E-state index contributed by atoms with van der Waals surface area (Å²) in [5, 5.41) is 7.76. The molecule has 0 spiro atoms. The lowest BCUT2D eigenvalue weighted by molar-refractivity contribution is -0.152. The molecule has 8 heteroatoms. The number of piperazine rings is 1. The van der Waals surface area contributed by atoms with Gasteiger partial charge < -0.3 is 15.1 Å². The molecule has 1 N–H and O–H groups in total. The summed E-state index contributed by atoms with van der Waals surface area (Å²) in [4.78, 5) is 32.2. The van der Waals surface area contributed by atoms with Gasteiger partial charge in [0.15, 0.2) is 5.65 Å². The zero-order valence-corrected chi connectivity index (χ0v) is 13.8. The number of amides is 2. The van der Waals surface area contributed by atoms with Crippen LogP contribution in [0.4, 0.5) is 5.82 Å². The van der Waals surface area contributed by atoms with E-state index in [1.54, 1.807) is 22.7 Å². The first kappa shape index (κ1) is 14.9. The molecular formula is C16H20N6O2. The summed E-state index contributed by atoms with van der Waals surface area (Å²) in [6, 6.07) is 3.51. The summed E-state index contributed by atoms with van der Waals surface area (Å²) < 4.78 is 1.76. The summed E-state index contributed by atoms with van der Waals surface area (Å²) in [5.41, 5.74) is 1.77. The van der Waals surface area contributed by atoms with Crippen LogP contribution in [-0.2, 0) is 16.0 Å². The van der Waals surface area contributed by atoms with E-state index in [2.05, 4.69) is 22.3 Å². The fourth-order valence-electron chi connectivity index (χ4n) is 3.53. The van der Waals surface area contributed by atoms with Gasteiger partial charge in [0.2, 0.25) is 11.8 Å². The molecule has 24 heavy (non-hydrogen) atoms. The Kier molecular flexibility index (Phi) is 3.40. The van der Waals surface area contributed by atoms with Crippen molar-refractivity contribution < 1.29 is 9.59 Å². The molecule has 0 saturated carbocycles. The van der Waals surface area contributed by atoms with Gasteiger partial charge in [0.25, 0.3) is 0 Å². The van der Waals surface area contributed by atoms with Crippen LogP contribution in [0.15, 0.2) is 18.3 Å². The molecule has 4 rings (SSSR count). The van der Waals surface area contributed by atoms with Crippen molar-refractivity contribution in [2.75, 3.05) is 25.5 Å². The Morgan fingerprint density at radius 1 is 1.38 bits per heavy atom. The maximum absolute atomic E-state index is 12.3. The summed E-state index contributed by atoms with van der Waals surface area (Å²) in [6.45, 7) is 2.76. The van der Waals surface area contributed by atoms with Crippen molar-refractivity contribution in [1.29, 1.82) is 0 Å². The fraction of sp³-hybridized carbons (Fsp3) is 0.500. The fourth-order valence-corrected chi connectivity index (χ4v) is 3.53. The van der Waals surface area contributed by atoms with Crippen LogP contribution in [0.1, 0.15) is 19.0 Å². The van der Waals surface area contributed by atoms with E-state index in [0.717, 1.165) is 23.6 Å². The second kappa shape index (κ2) is 5.47. The number of carbonyl (C=O) groups excluding carboxylic acids is 2. The minimum absolute atomic E-state index is 0.0135. The van der Waals surface area contributed by atoms with Crippen LogP contribution >= 0.6 is 0 Å². The van der Waals surface area contributed by atoms with E-state index in [-0.39, 0.29) is 30.4 Å². The van der Waals surface area contributed by atoms with Crippen molar-refractivity contribution in [3.05, 3.63) is 24.0 Å². The number of anilines is 1. The second-order valence-corrected chi connectivity index (χ2v) is 6.42. The molecule has 2 aliphatic heterocycles. The van der Waals surface area contributed by atoms with Crippen LogP contribution < -0.4 is 5.32 Å². The highest BCUT2D eigenvalue weighted by Gasteiger charge is 2.44. The van der Waals surface area contributed by atoms with Crippen molar-refractivity contribution in [2.24, 2.45) is 0 Å². The third kappa shape index (κ3) is 2.29. The lowest BCUT2D eigenvalue weighted by Gasteiger charge is -2.33. The molecule has 2 amide bonds. The minimum Gasteiger partial charge on any atom is -0.365 e. The van der Waals surface area contributed by atoms with Crippen molar-refractivity contribution in [2.45, 2.75) is 31.8 Å². The summed E-state index contributed by atoms with van der Waals surface area (Å²) in [7, 11) is 1.68. The predicted octanol–water partition coefficient (Wildman–Crippen LogP) is 0.145. The van der Waals surface area contributed by atoms with Crippen LogP contribution in [0, 0.1) is 0 Å². The highest BCUT2D eigenvalue weighted by molar-refractivity contribution is 5.95. The summed E-state index contributed by atoms with van der Waals surface area (Å²) >= 11 is 0. The zero-order chi connectivity index (χ0) is 16.8. The van der Waals surface area contributed by atoms with E-state index < -0.39 is 0 Å². The Labute approximate surface area is 139 Å². The van der Waals surface area contributed by atoms with Crippen molar-refractivity contribution in [3.8, 4) is 0 Å². The van der Waals surface area contributed by atoms with Gasteiger partial charge in [0, 0.05) is 37.5 Å². The third-order valence-corrected chi connectivity index (χ3v) is 4.78. The molecule has 0 aliphatic carbocycles. The zero-order valence-electron chi connectivity index (χ0n) is 13.8. The predicted molar refractivity (Wildman–Crippen MR) is 87.5 cm³/mol. The molecule has 0 unspecified atom stereocenters. The van der Waals surface area contributed by atoms with Gasteiger partial charge in [-0.15, -0.1) is 0 Å². The largest absolute Gasteiger partial charge is 0.365 e. The first-order valence-corrected chi connectivity index (χ1v) is 8.21. The maximum atomic E-state index is 12.3. The number of hydrogen-bond donors (Lipinski definition) is 1. The average molecular weight is 328 g/mol. The van der Waals surface area contributed by atoms with Gasteiger partial charge in [0.05, 0.1) is 12.7 Å². The molecule has 126 valence electrons. The number of rotatable bonds is 3. The monoisotopic (exact) mass is 328 g/mol. The Bertz CT molecular complexity index is 816. The van der Waals surface area contributed by atoms with E-state index in [0.29, 0.717) is 13.0 Å². The molecule has 2 aromatic rings. The molecule has 0 bridgehead atoms. The average Bonchev–Trinajstić information content (AvgIpc) is 3.19. The summed E-state index contributed by atoms with van der Waals surface area (Å²) in [5.74, 6) is 0.881. The first-order chi connectivity index (χ1) is 11.6. The number of aromatic nitrogens is 3. The number of hydrogen-bond acceptors (Lipinski definition) is 5. The van der Waals surface area contributed by atoms with Crippen molar-refractivity contribution >= 4 is 23.3 Å². The lowest BCUT2D eigenvalue weighted by Crippen LogP contribution is -2.55. The third-order valence-electron chi connectivity index (χ3n) is 4.78. The van der Waals surface area contributed by atoms with Gasteiger partial charge in [0.1, 0.15) is 11.9 Å². The Hall–Kier alpha value is -2.64. The number of fused-ring (bicyclic) bond motifs is 2. The molecule has 2 saturated heterocycles. The van der Waals surface area contributed by atoms with Crippen molar-refractivity contribution in [3.63, 3.8) is 0 Å². The van der Waals surface area contributed by atoms with Crippen LogP contribution in [0.25, 0.3) is 5.65 Å². The molecule has 0 radical (unpaired) electrons. The topological polar surface area (TPSA) is 82.8 Å². The number of aryl methyl sites for hydroxylation is 1. The molecule has 2 fully saturated rings. The molecule has 2 atom stereocenters.